The standard InChI is InChI=1S/C26H22N2O3/c1-17-13-18(2)15-21(14-17)27-25(29)12-11-19-7-3-4-8-20(19)16-24-26(30)28-22-9-5-6-10-23(22)31-24/h3-16H,1-2H3,(H,27,29)(H,28,30)/b12-11+,24-16-. The number of carbonyl (C=O) groups is 2. The first kappa shape index (κ1) is 20.2. The van der Waals surface area contributed by atoms with E-state index in [1.165, 1.54) is 6.08 Å². The molecular weight excluding hydrogens is 388 g/mol. The van der Waals surface area contributed by atoms with Crippen molar-refractivity contribution in [2.24, 2.45) is 0 Å². The third-order valence-corrected chi connectivity index (χ3v) is 4.77. The van der Waals surface area contributed by atoms with E-state index in [1.807, 2.05) is 62.4 Å². The van der Waals surface area contributed by atoms with E-state index in [0.29, 0.717) is 11.4 Å². The van der Waals surface area contributed by atoms with Crippen LogP contribution in [0.15, 0.2) is 78.6 Å². The lowest BCUT2D eigenvalue weighted by Crippen LogP contribution is -2.23. The second kappa shape index (κ2) is 8.71. The topological polar surface area (TPSA) is 67.4 Å². The highest BCUT2D eigenvalue weighted by Gasteiger charge is 2.21. The molecule has 4 rings (SSSR count). The predicted octanol–water partition coefficient (Wildman–Crippen LogP) is 5.33. The van der Waals surface area contributed by atoms with Crippen LogP contribution in [0.4, 0.5) is 11.4 Å². The van der Waals surface area contributed by atoms with Gasteiger partial charge in [0.2, 0.25) is 5.91 Å². The fourth-order valence-corrected chi connectivity index (χ4v) is 3.43. The number of fused-ring (bicyclic) bond motifs is 1. The van der Waals surface area contributed by atoms with Crippen LogP contribution in [-0.4, -0.2) is 11.8 Å². The Bertz CT molecular complexity index is 1200. The van der Waals surface area contributed by atoms with Gasteiger partial charge in [0, 0.05) is 11.8 Å². The molecule has 0 aromatic heterocycles. The first-order valence-corrected chi connectivity index (χ1v) is 9.94. The molecule has 1 heterocycles. The molecule has 3 aromatic carbocycles. The highest BCUT2D eigenvalue weighted by Crippen LogP contribution is 2.31. The maximum absolute atomic E-state index is 12.4. The molecule has 1 aliphatic rings. The van der Waals surface area contributed by atoms with Crippen LogP contribution in [0, 0.1) is 13.8 Å². The predicted molar refractivity (Wildman–Crippen MR) is 124 cm³/mol. The van der Waals surface area contributed by atoms with E-state index in [1.54, 1.807) is 24.3 Å². The number of anilines is 2. The lowest BCUT2D eigenvalue weighted by Gasteiger charge is -2.19. The summed E-state index contributed by atoms with van der Waals surface area (Å²) in [6.07, 6.45) is 4.87. The fraction of sp³-hybridized carbons (Fsp3) is 0.0769. The van der Waals surface area contributed by atoms with E-state index in [-0.39, 0.29) is 17.6 Å². The zero-order chi connectivity index (χ0) is 21.8. The lowest BCUT2D eigenvalue weighted by atomic mass is 10.1. The maximum Gasteiger partial charge on any atom is 0.291 e. The van der Waals surface area contributed by atoms with Gasteiger partial charge in [-0.3, -0.25) is 9.59 Å². The largest absolute Gasteiger partial charge is 0.449 e. The summed E-state index contributed by atoms with van der Waals surface area (Å²) in [6, 6.07) is 20.7. The minimum Gasteiger partial charge on any atom is -0.449 e. The summed E-state index contributed by atoms with van der Waals surface area (Å²) in [5, 5.41) is 5.70. The van der Waals surface area contributed by atoms with Crippen molar-refractivity contribution >= 4 is 35.3 Å². The number of hydrogen-bond donors (Lipinski definition) is 2. The Balaban J connectivity index is 1.54. The van der Waals surface area contributed by atoms with Crippen LogP contribution in [0.1, 0.15) is 22.3 Å². The number of hydrogen-bond acceptors (Lipinski definition) is 3. The fourth-order valence-electron chi connectivity index (χ4n) is 3.43. The molecule has 0 unspecified atom stereocenters. The first-order valence-electron chi connectivity index (χ1n) is 9.94. The number of benzene rings is 3. The number of aryl methyl sites for hydroxylation is 2. The molecule has 5 nitrogen and oxygen atoms in total. The van der Waals surface area contributed by atoms with Crippen LogP contribution < -0.4 is 15.4 Å². The van der Waals surface area contributed by atoms with Gasteiger partial charge < -0.3 is 15.4 Å². The monoisotopic (exact) mass is 410 g/mol. The molecular formula is C26H22N2O3. The molecule has 2 amide bonds. The second-order valence-electron chi connectivity index (χ2n) is 7.39. The molecule has 0 bridgehead atoms. The van der Waals surface area contributed by atoms with E-state index in [2.05, 4.69) is 16.7 Å². The van der Waals surface area contributed by atoms with Gasteiger partial charge >= 0.3 is 0 Å². The van der Waals surface area contributed by atoms with Crippen molar-refractivity contribution in [3.63, 3.8) is 0 Å². The van der Waals surface area contributed by atoms with Crippen LogP contribution in [0.3, 0.4) is 0 Å². The van der Waals surface area contributed by atoms with E-state index >= 15 is 0 Å². The highest BCUT2D eigenvalue weighted by atomic mass is 16.5. The maximum atomic E-state index is 12.4. The Kier molecular flexibility index (Phi) is 5.67. The van der Waals surface area contributed by atoms with Gasteiger partial charge in [0.25, 0.3) is 5.91 Å². The van der Waals surface area contributed by atoms with Gasteiger partial charge in [-0.25, -0.2) is 0 Å². The number of rotatable bonds is 4. The van der Waals surface area contributed by atoms with Gasteiger partial charge in [0.1, 0.15) is 0 Å². The number of ether oxygens (including phenoxy) is 1. The molecule has 0 spiro atoms. The molecule has 0 fully saturated rings. The normalized spacial score (nSPS) is 14.1. The molecule has 5 heteroatoms. The minimum absolute atomic E-state index is 0.194. The van der Waals surface area contributed by atoms with Crippen LogP contribution in [0.25, 0.3) is 12.2 Å². The Morgan fingerprint density at radius 1 is 0.935 bits per heavy atom. The van der Waals surface area contributed by atoms with E-state index in [0.717, 1.165) is 27.9 Å². The minimum atomic E-state index is -0.315. The van der Waals surface area contributed by atoms with Crippen molar-refractivity contribution in [2.75, 3.05) is 10.6 Å². The van der Waals surface area contributed by atoms with Gasteiger partial charge in [0.15, 0.2) is 11.5 Å². The van der Waals surface area contributed by atoms with Crippen molar-refractivity contribution < 1.29 is 14.3 Å². The van der Waals surface area contributed by atoms with Crippen LogP contribution >= 0.6 is 0 Å². The van der Waals surface area contributed by atoms with Gasteiger partial charge in [-0.05, 0) is 72.5 Å². The van der Waals surface area contributed by atoms with Gasteiger partial charge in [-0.2, -0.15) is 0 Å². The Hall–Kier alpha value is -4.12. The smallest absolute Gasteiger partial charge is 0.291 e. The average molecular weight is 410 g/mol. The van der Waals surface area contributed by atoms with Crippen LogP contribution in [-0.2, 0) is 9.59 Å². The van der Waals surface area contributed by atoms with Crippen molar-refractivity contribution in [1.82, 2.24) is 0 Å². The Labute approximate surface area is 181 Å². The number of para-hydroxylation sites is 2. The van der Waals surface area contributed by atoms with Crippen molar-refractivity contribution in [3.05, 3.63) is 101 Å². The molecule has 154 valence electrons. The molecule has 31 heavy (non-hydrogen) atoms. The zero-order valence-electron chi connectivity index (χ0n) is 17.3. The van der Waals surface area contributed by atoms with Crippen LogP contribution in [0.2, 0.25) is 0 Å². The molecule has 2 N–H and O–H groups in total. The SMILES string of the molecule is Cc1cc(C)cc(NC(=O)/C=C/c2ccccc2/C=C2\Oc3ccccc3NC2=O)c1. The van der Waals surface area contributed by atoms with Crippen molar-refractivity contribution in [2.45, 2.75) is 13.8 Å². The lowest BCUT2D eigenvalue weighted by molar-refractivity contribution is -0.115. The van der Waals surface area contributed by atoms with E-state index < -0.39 is 0 Å². The summed E-state index contributed by atoms with van der Waals surface area (Å²) in [5.74, 6) is 0.242. The van der Waals surface area contributed by atoms with Crippen molar-refractivity contribution in [3.8, 4) is 5.75 Å². The summed E-state index contributed by atoms with van der Waals surface area (Å²) in [5.41, 5.74) is 5.13. The molecule has 3 aromatic rings. The number of nitrogens with one attached hydrogen (secondary N) is 2. The first-order chi connectivity index (χ1) is 15.0. The quantitative estimate of drug-likeness (QED) is 0.572. The Morgan fingerprint density at radius 2 is 1.61 bits per heavy atom. The molecule has 0 saturated heterocycles. The number of carbonyl (C=O) groups excluding carboxylic acids is 2. The van der Waals surface area contributed by atoms with Gasteiger partial charge in [-0.15, -0.1) is 0 Å². The summed E-state index contributed by atoms with van der Waals surface area (Å²) < 4.78 is 5.78. The van der Waals surface area contributed by atoms with Crippen LogP contribution in [0.5, 0.6) is 5.75 Å². The zero-order valence-corrected chi connectivity index (χ0v) is 17.3. The Morgan fingerprint density at radius 3 is 2.39 bits per heavy atom. The van der Waals surface area contributed by atoms with Gasteiger partial charge in [0.05, 0.1) is 5.69 Å². The third kappa shape index (κ3) is 4.90. The second-order valence-corrected chi connectivity index (χ2v) is 7.39. The van der Waals surface area contributed by atoms with E-state index in [9.17, 15) is 9.59 Å². The molecule has 1 aliphatic heterocycles. The summed E-state index contributed by atoms with van der Waals surface area (Å²) in [6.45, 7) is 3.98. The summed E-state index contributed by atoms with van der Waals surface area (Å²) >= 11 is 0. The highest BCUT2D eigenvalue weighted by molar-refractivity contribution is 6.08. The molecule has 0 aliphatic carbocycles. The van der Waals surface area contributed by atoms with Crippen molar-refractivity contribution in [1.29, 1.82) is 0 Å². The summed E-state index contributed by atoms with van der Waals surface area (Å²) in [4.78, 5) is 24.8. The molecule has 0 radical (unpaired) electrons. The molecule has 0 atom stereocenters. The average Bonchev–Trinajstić information content (AvgIpc) is 2.73. The summed E-state index contributed by atoms with van der Waals surface area (Å²) in [7, 11) is 0. The van der Waals surface area contributed by atoms with E-state index in [4.69, 9.17) is 4.74 Å². The molecule has 0 saturated carbocycles. The number of amides is 2. The third-order valence-electron chi connectivity index (χ3n) is 4.77. The van der Waals surface area contributed by atoms with Gasteiger partial charge in [-0.1, -0.05) is 42.5 Å².